The Balaban J connectivity index is 1.25. The number of rotatable bonds is 6. The zero-order valence-corrected chi connectivity index (χ0v) is 18.7. The number of aryl methyl sites for hydroxylation is 2. The molecule has 1 fully saturated rings. The molecule has 0 saturated carbocycles. The fourth-order valence-electron chi connectivity index (χ4n) is 4.42. The van der Waals surface area contributed by atoms with E-state index >= 15 is 0 Å². The normalized spacial score (nSPS) is 16.6. The van der Waals surface area contributed by atoms with Crippen molar-refractivity contribution < 1.29 is 22.4 Å². The van der Waals surface area contributed by atoms with Crippen LogP contribution in [0.25, 0.3) is 0 Å². The fourth-order valence-corrected chi connectivity index (χ4v) is 5.71. The van der Waals surface area contributed by atoms with Crippen LogP contribution < -0.4 is 5.32 Å². The van der Waals surface area contributed by atoms with Crippen LogP contribution in [-0.2, 0) is 27.5 Å². The number of nitrogens with zero attached hydrogens (tertiary/aromatic N) is 1. The van der Waals surface area contributed by atoms with Crippen LogP contribution in [0.15, 0.2) is 47.4 Å². The summed E-state index contributed by atoms with van der Waals surface area (Å²) in [6.07, 6.45) is 3.92. The highest BCUT2D eigenvalue weighted by Crippen LogP contribution is 2.25. The topological polar surface area (TPSA) is 83.6 Å². The van der Waals surface area contributed by atoms with Gasteiger partial charge in [0.05, 0.1) is 16.2 Å². The zero-order chi connectivity index (χ0) is 22.7. The summed E-state index contributed by atoms with van der Waals surface area (Å²) in [5.41, 5.74) is 2.35. The van der Waals surface area contributed by atoms with Gasteiger partial charge in [0, 0.05) is 25.6 Å². The molecule has 1 aliphatic heterocycles. The molecule has 32 heavy (non-hydrogen) atoms. The molecule has 2 aliphatic rings. The maximum absolute atomic E-state index is 13.9. The molecule has 0 unspecified atom stereocenters. The molecule has 2 amide bonds. The van der Waals surface area contributed by atoms with Crippen molar-refractivity contribution in [2.24, 2.45) is 0 Å². The number of halogens is 1. The number of amides is 2. The standard InChI is InChI=1S/C24H27FN2O4S/c25-22-7-2-1-6-21(22)24(29)27-13-10-19(11-14-27)26-23(28)12-15-32(30,31)20-9-8-17-4-3-5-18(17)16-20/h1-2,6-9,16,19H,3-5,10-15H2,(H,26,28). The lowest BCUT2D eigenvalue weighted by molar-refractivity contribution is -0.121. The van der Waals surface area contributed by atoms with E-state index in [2.05, 4.69) is 5.32 Å². The van der Waals surface area contributed by atoms with Gasteiger partial charge in [-0.25, -0.2) is 12.8 Å². The van der Waals surface area contributed by atoms with Gasteiger partial charge < -0.3 is 10.2 Å². The molecule has 4 rings (SSSR count). The van der Waals surface area contributed by atoms with Gasteiger partial charge in [-0.3, -0.25) is 9.59 Å². The van der Waals surface area contributed by atoms with E-state index in [0.717, 1.165) is 24.8 Å². The number of likely N-dealkylation sites (tertiary alicyclic amines) is 1. The van der Waals surface area contributed by atoms with Crippen LogP contribution in [0.2, 0.25) is 0 Å². The summed E-state index contributed by atoms with van der Waals surface area (Å²) in [5, 5.41) is 2.88. The molecule has 1 aliphatic carbocycles. The quantitative estimate of drug-likeness (QED) is 0.722. The average molecular weight is 459 g/mol. The third-order valence-corrected chi connectivity index (χ3v) is 7.99. The molecule has 6 nitrogen and oxygen atoms in total. The first kappa shape index (κ1) is 22.5. The molecule has 1 heterocycles. The Bertz CT molecular complexity index is 1120. The summed E-state index contributed by atoms with van der Waals surface area (Å²) < 4.78 is 39.2. The highest BCUT2D eigenvalue weighted by atomic mass is 32.2. The molecular weight excluding hydrogens is 431 g/mol. The van der Waals surface area contributed by atoms with E-state index in [4.69, 9.17) is 0 Å². The van der Waals surface area contributed by atoms with Crippen LogP contribution in [0.4, 0.5) is 4.39 Å². The summed E-state index contributed by atoms with van der Waals surface area (Å²) in [5.74, 6) is -1.44. The van der Waals surface area contributed by atoms with Gasteiger partial charge in [0.15, 0.2) is 9.84 Å². The highest BCUT2D eigenvalue weighted by molar-refractivity contribution is 7.91. The van der Waals surface area contributed by atoms with E-state index in [1.54, 1.807) is 29.2 Å². The lowest BCUT2D eigenvalue weighted by Crippen LogP contribution is -2.46. The Labute approximate surface area is 187 Å². The van der Waals surface area contributed by atoms with E-state index in [1.165, 1.54) is 17.7 Å². The molecule has 1 N–H and O–H groups in total. The van der Waals surface area contributed by atoms with E-state index in [-0.39, 0.29) is 40.5 Å². The van der Waals surface area contributed by atoms with Crippen molar-refractivity contribution in [2.45, 2.75) is 49.5 Å². The van der Waals surface area contributed by atoms with E-state index in [0.29, 0.717) is 25.9 Å². The maximum Gasteiger partial charge on any atom is 0.256 e. The third kappa shape index (κ3) is 5.01. The van der Waals surface area contributed by atoms with Gasteiger partial charge in [-0.05, 0) is 67.5 Å². The third-order valence-electron chi connectivity index (χ3n) is 6.28. The summed E-state index contributed by atoms with van der Waals surface area (Å²) in [6, 6.07) is 11.0. The first-order valence-corrected chi connectivity index (χ1v) is 12.7. The summed E-state index contributed by atoms with van der Waals surface area (Å²) in [7, 11) is -3.52. The minimum Gasteiger partial charge on any atom is -0.353 e. The van der Waals surface area contributed by atoms with Crippen LogP contribution in [0.5, 0.6) is 0 Å². The number of fused-ring (bicyclic) bond motifs is 1. The second-order valence-electron chi connectivity index (χ2n) is 8.47. The minimum absolute atomic E-state index is 0.0479. The second-order valence-corrected chi connectivity index (χ2v) is 10.6. The highest BCUT2D eigenvalue weighted by Gasteiger charge is 2.26. The lowest BCUT2D eigenvalue weighted by Gasteiger charge is -2.32. The molecule has 0 aromatic heterocycles. The number of carbonyl (C=O) groups is 2. The molecule has 0 bridgehead atoms. The van der Waals surface area contributed by atoms with Gasteiger partial charge in [-0.2, -0.15) is 0 Å². The predicted octanol–water partition coefficient (Wildman–Crippen LogP) is 2.90. The summed E-state index contributed by atoms with van der Waals surface area (Å²) >= 11 is 0. The van der Waals surface area contributed by atoms with Crippen molar-refractivity contribution in [1.29, 1.82) is 0 Å². The fraction of sp³-hybridized carbons (Fsp3) is 0.417. The molecule has 2 aromatic carbocycles. The second kappa shape index (κ2) is 9.40. The number of sulfone groups is 1. The average Bonchev–Trinajstić information content (AvgIpc) is 3.26. The van der Waals surface area contributed by atoms with Crippen molar-refractivity contribution >= 4 is 21.7 Å². The van der Waals surface area contributed by atoms with Crippen molar-refractivity contribution in [3.8, 4) is 0 Å². The molecule has 2 aromatic rings. The van der Waals surface area contributed by atoms with Gasteiger partial charge in [-0.15, -0.1) is 0 Å². The Morgan fingerprint density at radius 3 is 2.50 bits per heavy atom. The molecule has 170 valence electrons. The molecule has 1 saturated heterocycles. The Morgan fingerprint density at radius 2 is 1.75 bits per heavy atom. The van der Waals surface area contributed by atoms with Crippen LogP contribution in [0, 0.1) is 5.82 Å². The Hall–Kier alpha value is -2.74. The Kier molecular flexibility index (Phi) is 6.60. The summed E-state index contributed by atoms with van der Waals surface area (Å²) in [6.45, 7) is 0.817. The monoisotopic (exact) mass is 458 g/mol. The van der Waals surface area contributed by atoms with Gasteiger partial charge in [0.1, 0.15) is 5.82 Å². The SMILES string of the molecule is O=C(CCS(=O)(=O)c1ccc2c(c1)CCC2)NC1CCN(C(=O)c2ccccc2F)CC1. The first-order chi connectivity index (χ1) is 15.3. The molecular formula is C24H27FN2O4S. The van der Waals surface area contributed by atoms with Gasteiger partial charge in [-0.1, -0.05) is 18.2 Å². The number of piperidine rings is 1. The van der Waals surface area contributed by atoms with Crippen molar-refractivity contribution in [2.75, 3.05) is 18.8 Å². The largest absolute Gasteiger partial charge is 0.353 e. The smallest absolute Gasteiger partial charge is 0.256 e. The van der Waals surface area contributed by atoms with Crippen LogP contribution in [-0.4, -0.2) is 50.0 Å². The number of nitrogens with one attached hydrogen (secondary N) is 1. The Morgan fingerprint density at radius 1 is 1.03 bits per heavy atom. The molecule has 0 radical (unpaired) electrons. The van der Waals surface area contributed by atoms with Crippen molar-refractivity contribution in [1.82, 2.24) is 10.2 Å². The first-order valence-electron chi connectivity index (χ1n) is 11.0. The number of hydrogen-bond donors (Lipinski definition) is 1. The van der Waals surface area contributed by atoms with Crippen molar-refractivity contribution in [3.05, 3.63) is 65.0 Å². The van der Waals surface area contributed by atoms with Crippen molar-refractivity contribution in [3.63, 3.8) is 0 Å². The number of hydrogen-bond acceptors (Lipinski definition) is 4. The number of carbonyl (C=O) groups excluding carboxylic acids is 2. The maximum atomic E-state index is 13.9. The zero-order valence-electron chi connectivity index (χ0n) is 17.8. The van der Waals surface area contributed by atoms with Gasteiger partial charge in [0.25, 0.3) is 5.91 Å². The van der Waals surface area contributed by atoms with E-state index in [1.807, 2.05) is 6.07 Å². The molecule has 8 heteroatoms. The van der Waals surface area contributed by atoms with Gasteiger partial charge in [0.2, 0.25) is 5.91 Å². The van der Waals surface area contributed by atoms with Crippen LogP contribution in [0.1, 0.15) is 47.2 Å². The summed E-state index contributed by atoms with van der Waals surface area (Å²) in [4.78, 5) is 26.7. The lowest BCUT2D eigenvalue weighted by atomic mass is 10.0. The predicted molar refractivity (Wildman–Crippen MR) is 119 cm³/mol. The van der Waals surface area contributed by atoms with E-state index < -0.39 is 15.7 Å². The van der Waals surface area contributed by atoms with Gasteiger partial charge >= 0.3 is 0 Å². The van der Waals surface area contributed by atoms with Crippen LogP contribution >= 0.6 is 0 Å². The minimum atomic E-state index is -3.52. The molecule has 0 spiro atoms. The number of benzene rings is 2. The van der Waals surface area contributed by atoms with E-state index in [9.17, 15) is 22.4 Å². The molecule has 0 atom stereocenters. The van der Waals surface area contributed by atoms with Crippen LogP contribution in [0.3, 0.4) is 0 Å².